The zero-order valence-electron chi connectivity index (χ0n) is 13.6. The first-order chi connectivity index (χ1) is 12.1. The van der Waals surface area contributed by atoms with Gasteiger partial charge in [0.15, 0.2) is 0 Å². The second-order valence-corrected chi connectivity index (χ2v) is 5.23. The zero-order valence-corrected chi connectivity index (χ0v) is 13.6. The maximum absolute atomic E-state index is 12.1. The van der Waals surface area contributed by atoms with Crippen LogP contribution in [-0.2, 0) is 9.59 Å². The van der Waals surface area contributed by atoms with Crippen molar-refractivity contribution in [1.29, 1.82) is 0 Å². The van der Waals surface area contributed by atoms with Gasteiger partial charge in [-0.3, -0.25) is 14.4 Å². The van der Waals surface area contributed by atoms with Gasteiger partial charge in [0.05, 0.1) is 17.9 Å². The van der Waals surface area contributed by atoms with Crippen LogP contribution in [-0.4, -0.2) is 30.8 Å². The maximum Gasteiger partial charge on any atom is 0.251 e. The monoisotopic (exact) mass is 340 g/mol. The number of amides is 3. The zero-order chi connectivity index (χ0) is 18.1. The van der Waals surface area contributed by atoms with Crippen molar-refractivity contribution in [3.63, 3.8) is 0 Å². The molecule has 7 nitrogen and oxygen atoms in total. The number of benzene rings is 2. The van der Waals surface area contributed by atoms with Crippen LogP contribution in [0.25, 0.3) is 0 Å². The maximum atomic E-state index is 12.1. The first-order valence-electron chi connectivity index (χ1n) is 7.82. The Hall–Kier alpha value is -3.19. The molecule has 25 heavy (non-hydrogen) atoms. The molecule has 0 aliphatic heterocycles. The average molecular weight is 340 g/mol. The van der Waals surface area contributed by atoms with Crippen molar-refractivity contribution in [1.82, 2.24) is 5.32 Å². The van der Waals surface area contributed by atoms with E-state index in [0.717, 1.165) is 0 Å². The number of nitrogens with one attached hydrogen (secondary N) is 3. The van der Waals surface area contributed by atoms with E-state index in [2.05, 4.69) is 16.0 Å². The van der Waals surface area contributed by atoms with Crippen LogP contribution in [0.5, 0.6) is 0 Å². The second kappa shape index (κ2) is 9.19. The quantitative estimate of drug-likeness (QED) is 0.609. The predicted octanol–water partition coefficient (Wildman–Crippen LogP) is 1.34. The standard InChI is InChI=1S/C18H20N4O3/c19-11-10-16(23)21-14-8-4-5-9-15(14)22-17(24)12-20-18(25)13-6-2-1-3-7-13/h1-9H,10-12,19H2,(H,20,25)(H,21,23)(H,22,24). The van der Waals surface area contributed by atoms with Crippen LogP contribution in [0.2, 0.25) is 0 Å². The molecule has 3 amide bonds. The molecule has 0 saturated carbocycles. The number of hydrogen-bond donors (Lipinski definition) is 4. The fourth-order valence-electron chi connectivity index (χ4n) is 2.09. The van der Waals surface area contributed by atoms with Crippen LogP contribution in [0, 0.1) is 0 Å². The molecule has 0 atom stereocenters. The Bertz CT molecular complexity index is 747. The van der Waals surface area contributed by atoms with E-state index in [-0.39, 0.29) is 31.3 Å². The van der Waals surface area contributed by atoms with Gasteiger partial charge >= 0.3 is 0 Å². The van der Waals surface area contributed by atoms with Gasteiger partial charge in [-0.05, 0) is 24.3 Å². The molecule has 0 aliphatic carbocycles. The van der Waals surface area contributed by atoms with Gasteiger partial charge in [0, 0.05) is 18.5 Å². The van der Waals surface area contributed by atoms with Crippen LogP contribution < -0.4 is 21.7 Å². The summed E-state index contributed by atoms with van der Waals surface area (Å²) in [4.78, 5) is 35.6. The van der Waals surface area contributed by atoms with E-state index in [1.165, 1.54) is 0 Å². The normalized spacial score (nSPS) is 9.96. The Morgan fingerprint density at radius 3 is 1.96 bits per heavy atom. The van der Waals surface area contributed by atoms with E-state index >= 15 is 0 Å². The third kappa shape index (κ3) is 5.74. The van der Waals surface area contributed by atoms with Gasteiger partial charge < -0.3 is 21.7 Å². The van der Waals surface area contributed by atoms with E-state index in [1.54, 1.807) is 54.6 Å². The molecule has 0 heterocycles. The molecule has 0 bridgehead atoms. The first kappa shape index (κ1) is 18.2. The van der Waals surface area contributed by atoms with Crippen LogP contribution in [0.3, 0.4) is 0 Å². The molecule has 0 spiro atoms. The lowest BCUT2D eigenvalue weighted by Crippen LogP contribution is -2.33. The summed E-state index contributed by atoms with van der Waals surface area (Å²) in [7, 11) is 0. The summed E-state index contributed by atoms with van der Waals surface area (Å²) in [6, 6.07) is 15.4. The average Bonchev–Trinajstić information content (AvgIpc) is 2.62. The molecule has 130 valence electrons. The Labute approximate surface area is 145 Å². The molecule has 0 saturated heterocycles. The van der Waals surface area contributed by atoms with Crippen LogP contribution in [0.15, 0.2) is 54.6 Å². The summed E-state index contributed by atoms with van der Waals surface area (Å²) in [5.41, 5.74) is 6.75. The highest BCUT2D eigenvalue weighted by Crippen LogP contribution is 2.20. The van der Waals surface area contributed by atoms with Gasteiger partial charge in [-0.25, -0.2) is 0 Å². The lowest BCUT2D eigenvalue weighted by Gasteiger charge is -2.12. The number of carbonyl (C=O) groups is 3. The SMILES string of the molecule is NCCC(=O)Nc1ccccc1NC(=O)CNC(=O)c1ccccc1. The number of para-hydroxylation sites is 2. The second-order valence-electron chi connectivity index (χ2n) is 5.23. The Kier molecular flexibility index (Phi) is 6.67. The Balaban J connectivity index is 1.92. The summed E-state index contributed by atoms with van der Waals surface area (Å²) in [5.74, 6) is -0.966. The number of anilines is 2. The molecule has 0 radical (unpaired) electrons. The largest absolute Gasteiger partial charge is 0.343 e. The van der Waals surface area contributed by atoms with Gasteiger partial charge in [0.2, 0.25) is 11.8 Å². The summed E-state index contributed by atoms with van der Waals surface area (Å²) < 4.78 is 0. The molecule has 0 aliphatic rings. The topological polar surface area (TPSA) is 113 Å². The molecule has 2 aromatic carbocycles. The molecule has 0 unspecified atom stereocenters. The van der Waals surface area contributed by atoms with E-state index in [4.69, 9.17) is 5.73 Å². The summed E-state index contributed by atoms with van der Waals surface area (Å²) in [5, 5.41) is 7.90. The molecule has 2 aromatic rings. The molecule has 2 rings (SSSR count). The Morgan fingerprint density at radius 1 is 0.800 bits per heavy atom. The predicted molar refractivity (Wildman–Crippen MR) is 96.1 cm³/mol. The smallest absolute Gasteiger partial charge is 0.251 e. The summed E-state index contributed by atoms with van der Waals surface area (Å²) in [6.07, 6.45) is 0.190. The molecular weight excluding hydrogens is 320 g/mol. The summed E-state index contributed by atoms with van der Waals surface area (Å²) in [6.45, 7) is 0.0602. The minimum atomic E-state index is -0.398. The van der Waals surface area contributed by atoms with Crippen molar-refractivity contribution in [2.75, 3.05) is 23.7 Å². The van der Waals surface area contributed by atoms with E-state index in [0.29, 0.717) is 16.9 Å². The van der Waals surface area contributed by atoms with E-state index < -0.39 is 5.91 Å². The lowest BCUT2D eigenvalue weighted by atomic mass is 10.2. The van der Waals surface area contributed by atoms with E-state index in [9.17, 15) is 14.4 Å². The van der Waals surface area contributed by atoms with Crippen molar-refractivity contribution >= 4 is 29.1 Å². The molecule has 0 aromatic heterocycles. The third-order valence-corrected chi connectivity index (χ3v) is 3.29. The highest BCUT2D eigenvalue weighted by Gasteiger charge is 2.11. The van der Waals surface area contributed by atoms with E-state index in [1.807, 2.05) is 0 Å². The van der Waals surface area contributed by atoms with Gasteiger partial charge in [0.1, 0.15) is 0 Å². The van der Waals surface area contributed by atoms with Gasteiger partial charge in [-0.15, -0.1) is 0 Å². The van der Waals surface area contributed by atoms with Gasteiger partial charge in [-0.1, -0.05) is 30.3 Å². The minimum absolute atomic E-state index is 0.182. The third-order valence-electron chi connectivity index (χ3n) is 3.29. The molecule has 5 N–H and O–H groups in total. The highest BCUT2D eigenvalue weighted by molar-refractivity contribution is 6.02. The van der Waals surface area contributed by atoms with Crippen molar-refractivity contribution in [2.24, 2.45) is 5.73 Å². The fraction of sp³-hybridized carbons (Fsp3) is 0.167. The van der Waals surface area contributed by atoms with Crippen molar-refractivity contribution in [2.45, 2.75) is 6.42 Å². The Morgan fingerprint density at radius 2 is 1.36 bits per heavy atom. The first-order valence-corrected chi connectivity index (χ1v) is 7.82. The minimum Gasteiger partial charge on any atom is -0.343 e. The number of hydrogen-bond acceptors (Lipinski definition) is 4. The van der Waals surface area contributed by atoms with Crippen LogP contribution in [0.1, 0.15) is 16.8 Å². The highest BCUT2D eigenvalue weighted by atomic mass is 16.2. The van der Waals surface area contributed by atoms with Crippen LogP contribution in [0.4, 0.5) is 11.4 Å². The molecule has 0 fully saturated rings. The van der Waals surface area contributed by atoms with Crippen molar-refractivity contribution in [3.8, 4) is 0 Å². The lowest BCUT2D eigenvalue weighted by molar-refractivity contribution is -0.116. The number of nitrogens with two attached hydrogens (primary N) is 1. The summed E-state index contributed by atoms with van der Waals surface area (Å²) >= 11 is 0. The van der Waals surface area contributed by atoms with Crippen molar-refractivity contribution in [3.05, 3.63) is 60.2 Å². The van der Waals surface area contributed by atoms with Crippen molar-refractivity contribution < 1.29 is 14.4 Å². The molecular formula is C18H20N4O3. The van der Waals surface area contributed by atoms with Gasteiger partial charge in [0.25, 0.3) is 5.91 Å². The molecule has 7 heteroatoms. The van der Waals surface area contributed by atoms with Gasteiger partial charge in [-0.2, -0.15) is 0 Å². The van der Waals surface area contributed by atoms with Crippen LogP contribution >= 0.6 is 0 Å². The number of rotatable bonds is 7. The fourth-order valence-corrected chi connectivity index (χ4v) is 2.09. The number of carbonyl (C=O) groups excluding carboxylic acids is 3.